The summed E-state index contributed by atoms with van der Waals surface area (Å²) in [6.45, 7) is 5.31. The predicted molar refractivity (Wildman–Crippen MR) is 105 cm³/mol. The van der Waals surface area contributed by atoms with E-state index in [2.05, 4.69) is 15.3 Å². The largest absolute Gasteiger partial charge is 0.491 e. The molecule has 0 aliphatic heterocycles. The van der Waals surface area contributed by atoms with E-state index in [0.717, 1.165) is 0 Å². The number of fused-ring (bicyclic) bond motifs is 1. The van der Waals surface area contributed by atoms with Gasteiger partial charge >= 0.3 is 11.7 Å². The van der Waals surface area contributed by atoms with Crippen LogP contribution in [-0.4, -0.2) is 34.1 Å². The van der Waals surface area contributed by atoms with Crippen LogP contribution < -0.4 is 15.7 Å². The number of hydrogen-bond donors (Lipinski definition) is 3. The fourth-order valence-electron chi connectivity index (χ4n) is 2.58. The number of carbonyl (C=O) groups excluding carboxylic acids is 2. The molecule has 0 saturated carbocycles. The van der Waals surface area contributed by atoms with Crippen molar-refractivity contribution >= 4 is 28.6 Å². The van der Waals surface area contributed by atoms with Gasteiger partial charge in [-0.05, 0) is 63.2 Å². The van der Waals surface area contributed by atoms with E-state index in [4.69, 9.17) is 9.47 Å². The summed E-state index contributed by atoms with van der Waals surface area (Å²) in [6.07, 6.45) is -0.968. The quantitative estimate of drug-likeness (QED) is 0.567. The number of aromatic amines is 2. The zero-order valence-corrected chi connectivity index (χ0v) is 15.7. The lowest BCUT2D eigenvalue weighted by Gasteiger charge is -2.14. The molecule has 8 heteroatoms. The maximum absolute atomic E-state index is 12.3. The Morgan fingerprint density at radius 1 is 0.964 bits per heavy atom. The molecule has 2 aromatic carbocycles. The minimum absolute atomic E-state index is 0.0323. The first-order valence-electron chi connectivity index (χ1n) is 8.82. The molecule has 0 radical (unpaired) electrons. The van der Waals surface area contributed by atoms with Gasteiger partial charge in [-0.1, -0.05) is 0 Å². The smallest absolute Gasteiger partial charge is 0.338 e. The summed E-state index contributed by atoms with van der Waals surface area (Å²) in [7, 11) is 0. The van der Waals surface area contributed by atoms with E-state index in [1.54, 1.807) is 42.5 Å². The summed E-state index contributed by atoms with van der Waals surface area (Å²) in [6, 6.07) is 11.4. The maximum atomic E-state index is 12.3. The van der Waals surface area contributed by atoms with Crippen LogP contribution in [0.15, 0.2) is 47.3 Å². The van der Waals surface area contributed by atoms with Gasteiger partial charge in [0, 0.05) is 5.69 Å². The van der Waals surface area contributed by atoms with Gasteiger partial charge in [0.25, 0.3) is 5.91 Å². The Labute approximate surface area is 160 Å². The molecule has 8 nitrogen and oxygen atoms in total. The molecule has 0 unspecified atom stereocenters. The van der Waals surface area contributed by atoms with Crippen molar-refractivity contribution in [1.29, 1.82) is 0 Å². The van der Waals surface area contributed by atoms with Crippen molar-refractivity contribution in [2.75, 3.05) is 5.32 Å². The van der Waals surface area contributed by atoms with E-state index in [-0.39, 0.29) is 11.8 Å². The van der Waals surface area contributed by atoms with Crippen LogP contribution >= 0.6 is 0 Å². The normalized spacial score (nSPS) is 12.0. The van der Waals surface area contributed by atoms with Crippen LogP contribution in [0.3, 0.4) is 0 Å². The number of esters is 1. The summed E-state index contributed by atoms with van der Waals surface area (Å²) >= 11 is 0. The zero-order valence-electron chi connectivity index (χ0n) is 15.7. The monoisotopic (exact) mass is 383 g/mol. The molecule has 28 heavy (non-hydrogen) atoms. The van der Waals surface area contributed by atoms with Crippen LogP contribution in [0.1, 0.15) is 31.1 Å². The van der Waals surface area contributed by atoms with Gasteiger partial charge in [-0.3, -0.25) is 4.79 Å². The van der Waals surface area contributed by atoms with E-state index < -0.39 is 18.0 Å². The molecule has 1 amide bonds. The van der Waals surface area contributed by atoms with Crippen LogP contribution in [0.25, 0.3) is 11.0 Å². The zero-order chi connectivity index (χ0) is 20.3. The SMILES string of the molecule is CC(C)Oc1ccc(C(=O)O[C@H](C)C(=O)Nc2ccc3[nH]c(=O)[nH]c3c2)cc1. The number of amides is 1. The van der Waals surface area contributed by atoms with Crippen LogP contribution in [0.4, 0.5) is 5.69 Å². The van der Waals surface area contributed by atoms with E-state index in [1.807, 2.05) is 13.8 Å². The first-order valence-corrected chi connectivity index (χ1v) is 8.82. The van der Waals surface area contributed by atoms with Crippen molar-refractivity contribution in [3.8, 4) is 5.75 Å². The van der Waals surface area contributed by atoms with E-state index in [0.29, 0.717) is 28.0 Å². The molecule has 3 rings (SSSR count). The Morgan fingerprint density at radius 3 is 2.32 bits per heavy atom. The van der Waals surface area contributed by atoms with Gasteiger partial charge in [0.2, 0.25) is 0 Å². The van der Waals surface area contributed by atoms with E-state index in [1.165, 1.54) is 6.92 Å². The van der Waals surface area contributed by atoms with Gasteiger partial charge in [-0.15, -0.1) is 0 Å². The van der Waals surface area contributed by atoms with Crippen LogP contribution in [0.2, 0.25) is 0 Å². The highest BCUT2D eigenvalue weighted by molar-refractivity contribution is 5.98. The number of H-pyrrole nitrogens is 2. The highest BCUT2D eigenvalue weighted by Crippen LogP contribution is 2.17. The fourth-order valence-corrected chi connectivity index (χ4v) is 2.58. The Hall–Kier alpha value is -3.55. The molecule has 0 aliphatic rings. The second-order valence-electron chi connectivity index (χ2n) is 6.57. The van der Waals surface area contributed by atoms with Crippen molar-refractivity contribution in [2.45, 2.75) is 33.0 Å². The third-order valence-corrected chi connectivity index (χ3v) is 3.90. The average Bonchev–Trinajstić information content (AvgIpc) is 3.01. The third kappa shape index (κ3) is 4.59. The first kappa shape index (κ1) is 19.2. The molecular formula is C20H21N3O5. The lowest BCUT2D eigenvalue weighted by molar-refractivity contribution is -0.123. The lowest BCUT2D eigenvalue weighted by Crippen LogP contribution is -2.30. The first-order chi connectivity index (χ1) is 13.3. The van der Waals surface area contributed by atoms with Gasteiger partial charge in [0.05, 0.1) is 22.7 Å². The molecule has 0 aliphatic carbocycles. The molecule has 1 atom stereocenters. The molecule has 1 heterocycles. The number of aromatic nitrogens is 2. The molecule has 0 spiro atoms. The Kier molecular flexibility index (Phi) is 5.49. The Morgan fingerprint density at radius 2 is 1.64 bits per heavy atom. The minimum atomic E-state index is -1.000. The van der Waals surface area contributed by atoms with E-state index >= 15 is 0 Å². The summed E-state index contributed by atoms with van der Waals surface area (Å²) in [5, 5.41) is 2.66. The second kappa shape index (κ2) is 7.99. The molecule has 3 N–H and O–H groups in total. The number of ether oxygens (including phenoxy) is 2. The van der Waals surface area contributed by atoms with Gasteiger partial charge in [0.1, 0.15) is 5.75 Å². The van der Waals surface area contributed by atoms with Gasteiger partial charge < -0.3 is 24.8 Å². The lowest BCUT2D eigenvalue weighted by atomic mass is 10.2. The van der Waals surface area contributed by atoms with Crippen LogP contribution in [0.5, 0.6) is 5.75 Å². The molecule has 0 fully saturated rings. The van der Waals surface area contributed by atoms with Crippen molar-refractivity contribution < 1.29 is 19.1 Å². The number of anilines is 1. The number of benzene rings is 2. The average molecular weight is 383 g/mol. The summed E-state index contributed by atoms with van der Waals surface area (Å²) in [4.78, 5) is 41.1. The third-order valence-electron chi connectivity index (χ3n) is 3.90. The van der Waals surface area contributed by atoms with Gasteiger partial charge in [0.15, 0.2) is 6.10 Å². The topological polar surface area (TPSA) is 113 Å². The van der Waals surface area contributed by atoms with Crippen molar-refractivity contribution in [1.82, 2.24) is 9.97 Å². The molecule has 0 bridgehead atoms. The summed E-state index contributed by atoms with van der Waals surface area (Å²) < 4.78 is 10.8. The van der Waals surface area contributed by atoms with Gasteiger partial charge in [-0.25, -0.2) is 9.59 Å². The number of hydrogen-bond acceptors (Lipinski definition) is 5. The van der Waals surface area contributed by atoms with Gasteiger partial charge in [-0.2, -0.15) is 0 Å². The fraction of sp³-hybridized carbons (Fsp3) is 0.250. The highest BCUT2D eigenvalue weighted by Gasteiger charge is 2.19. The Bertz CT molecular complexity index is 1050. The molecule has 3 aromatic rings. The van der Waals surface area contributed by atoms with Crippen LogP contribution in [0, 0.1) is 0 Å². The van der Waals surface area contributed by atoms with Crippen LogP contribution in [-0.2, 0) is 9.53 Å². The molecule has 146 valence electrons. The summed E-state index contributed by atoms with van der Waals surface area (Å²) in [5.41, 5.74) is 1.67. The standard InChI is InChI=1S/C20H21N3O5/c1-11(2)27-15-7-4-13(5-8-15)19(25)28-12(3)18(24)21-14-6-9-16-17(10-14)23-20(26)22-16/h4-12H,1-3H3,(H,21,24)(H2,22,23,26)/t12-/m1/s1. The number of imidazole rings is 1. The van der Waals surface area contributed by atoms with Crippen molar-refractivity contribution in [3.05, 3.63) is 58.5 Å². The molecule has 1 aromatic heterocycles. The Balaban J connectivity index is 1.60. The number of nitrogens with one attached hydrogen (secondary N) is 3. The number of rotatable bonds is 6. The highest BCUT2D eigenvalue weighted by atomic mass is 16.5. The van der Waals surface area contributed by atoms with Crippen molar-refractivity contribution in [3.63, 3.8) is 0 Å². The van der Waals surface area contributed by atoms with Crippen molar-refractivity contribution in [2.24, 2.45) is 0 Å². The predicted octanol–water partition coefficient (Wildman–Crippen LogP) is 2.83. The second-order valence-corrected chi connectivity index (χ2v) is 6.57. The van der Waals surface area contributed by atoms with E-state index in [9.17, 15) is 14.4 Å². The minimum Gasteiger partial charge on any atom is -0.491 e. The molecule has 0 saturated heterocycles. The summed E-state index contributed by atoms with van der Waals surface area (Å²) in [5.74, 6) is -0.440. The molecular weight excluding hydrogens is 362 g/mol. The number of carbonyl (C=O) groups is 2. The maximum Gasteiger partial charge on any atom is 0.338 e.